The Morgan fingerprint density at radius 1 is 1.39 bits per heavy atom. The molecule has 0 atom stereocenters. The molecule has 1 aliphatic carbocycles. The Hall–Kier alpha value is -1.35. The van der Waals surface area contributed by atoms with E-state index in [1.165, 1.54) is 12.8 Å². The van der Waals surface area contributed by atoms with Crippen molar-refractivity contribution in [3.63, 3.8) is 0 Å². The molecule has 1 amide bonds. The number of amides is 1. The molecule has 1 aromatic rings. The molecular weight excluding hydrogens is 224 g/mol. The van der Waals surface area contributed by atoms with E-state index >= 15 is 0 Å². The van der Waals surface area contributed by atoms with Gasteiger partial charge in [0.25, 0.3) is 5.91 Å². The number of aryl methyl sites for hydroxylation is 1. The van der Waals surface area contributed by atoms with Crippen LogP contribution in [-0.4, -0.2) is 19.0 Å². The van der Waals surface area contributed by atoms with Gasteiger partial charge in [-0.05, 0) is 62.3 Å². The van der Waals surface area contributed by atoms with Gasteiger partial charge in [0, 0.05) is 12.1 Å². The summed E-state index contributed by atoms with van der Waals surface area (Å²) >= 11 is 0. The summed E-state index contributed by atoms with van der Waals surface area (Å²) in [6, 6.07) is 5.85. The number of carbonyl (C=O) groups excluding carboxylic acids is 1. The number of nitrogens with two attached hydrogens (primary N) is 1. The normalized spacial score (nSPS) is 16.4. The third-order valence-electron chi connectivity index (χ3n) is 4.10. The van der Waals surface area contributed by atoms with E-state index in [0.717, 1.165) is 29.7 Å². The third kappa shape index (κ3) is 2.72. The SMILES string of the molecule is Cc1cccc(C(=O)NCC2(CCN)CC2)c1C. The molecule has 0 saturated heterocycles. The van der Waals surface area contributed by atoms with Gasteiger partial charge in [-0.1, -0.05) is 12.1 Å². The Labute approximate surface area is 109 Å². The fraction of sp³-hybridized carbons (Fsp3) is 0.533. The molecule has 1 aromatic carbocycles. The number of hydrogen-bond donors (Lipinski definition) is 2. The molecule has 18 heavy (non-hydrogen) atoms. The van der Waals surface area contributed by atoms with Gasteiger partial charge in [-0.25, -0.2) is 0 Å². The maximum Gasteiger partial charge on any atom is 0.251 e. The van der Waals surface area contributed by atoms with Crippen molar-refractivity contribution in [2.75, 3.05) is 13.1 Å². The molecule has 1 aliphatic rings. The highest BCUT2D eigenvalue weighted by Gasteiger charge is 2.41. The standard InChI is InChI=1S/C15H22N2O/c1-11-4-3-5-13(12(11)2)14(18)17-10-15(6-7-15)8-9-16/h3-5H,6-10,16H2,1-2H3,(H,17,18). The zero-order chi connectivity index (χ0) is 13.2. The van der Waals surface area contributed by atoms with Crippen molar-refractivity contribution in [3.05, 3.63) is 34.9 Å². The molecule has 1 fully saturated rings. The van der Waals surface area contributed by atoms with Gasteiger partial charge >= 0.3 is 0 Å². The molecule has 3 N–H and O–H groups in total. The molecule has 0 bridgehead atoms. The van der Waals surface area contributed by atoms with Crippen molar-refractivity contribution in [2.24, 2.45) is 11.1 Å². The molecule has 2 rings (SSSR count). The first-order valence-electron chi connectivity index (χ1n) is 6.62. The lowest BCUT2D eigenvalue weighted by molar-refractivity contribution is 0.0943. The Morgan fingerprint density at radius 3 is 2.72 bits per heavy atom. The predicted octanol–water partition coefficient (Wildman–Crippen LogP) is 2.16. The second-order valence-corrected chi connectivity index (χ2v) is 5.47. The molecule has 0 spiro atoms. The second-order valence-electron chi connectivity index (χ2n) is 5.47. The van der Waals surface area contributed by atoms with E-state index in [0.29, 0.717) is 12.0 Å². The molecule has 0 heterocycles. The van der Waals surface area contributed by atoms with Gasteiger partial charge in [-0.15, -0.1) is 0 Å². The first-order valence-corrected chi connectivity index (χ1v) is 6.62. The van der Waals surface area contributed by atoms with Crippen LogP contribution >= 0.6 is 0 Å². The van der Waals surface area contributed by atoms with Crippen molar-refractivity contribution < 1.29 is 4.79 Å². The number of nitrogens with one attached hydrogen (secondary N) is 1. The topological polar surface area (TPSA) is 55.1 Å². The lowest BCUT2D eigenvalue weighted by atomic mass is 10.0. The van der Waals surface area contributed by atoms with Crippen LogP contribution in [-0.2, 0) is 0 Å². The van der Waals surface area contributed by atoms with E-state index in [4.69, 9.17) is 5.73 Å². The van der Waals surface area contributed by atoms with E-state index in [9.17, 15) is 4.79 Å². The molecule has 98 valence electrons. The van der Waals surface area contributed by atoms with Gasteiger partial charge in [-0.3, -0.25) is 4.79 Å². The van der Waals surface area contributed by atoms with E-state index < -0.39 is 0 Å². The van der Waals surface area contributed by atoms with Crippen LogP contribution in [0.3, 0.4) is 0 Å². The van der Waals surface area contributed by atoms with Gasteiger partial charge in [0.15, 0.2) is 0 Å². The number of hydrogen-bond acceptors (Lipinski definition) is 2. The summed E-state index contributed by atoms with van der Waals surface area (Å²) in [5.41, 5.74) is 8.91. The van der Waals surface area contributed by atoms with Crippen molar-refractivity contribution >= 4 is 5.91 Å². The van der Waals surface area contributed by atoms with Crippen LogP contribution < -0.4 is 11.1 Å². The van der Waals surface area contributed by atoms with Crippen LogP contribution in [0, 0.1) is 19.3 Å². The molecule has 0 aliphatic heterocycles. The summed E-state index contributed by atoms with van der Waals surface area (Å²) in [7, 11) is 0. The molecule has 0 radical (unpaired) electrons. The molecular formula is C15H22N2O. The molecule has 0 unspecified atom stereocenters. The highest BCUT2D eigenvalue weighted by molar-refractivity contribution is 5.95. The van der Waals surface area contributed by atoms with Crippen molar-refractivity contribution in [1.82, 2.24) is 5.32 Å². The van der Waals surface area contributed by atoms with Gasteiger partial charge < -0.3 is 11.1 Å². The molecule has 0 aromatic heterocycles. The fourth-order valence-electron chi connectivity index (χ4n) is 2.36. The average molecular weight is 246 g/mol. The minimum absolute atomic E-state index is 0.0412. The number of benzene rings is 1. The van der Waals surface area contributed by atoms with Crippen LogP contribution in [0.4, 0.5) is 0 Å². The summed E-state index contributed by atoms with van der Waals surface area (Å²) in [5, 5.41) is 3.06. The minimum Gasteiger partial charge on any atom is -0.351 e. The monoisotopic (exact) mass is 246 g/mol. The minimum atomic E-state index is 0.0412. The fourth-order valence-corrected chi connectivity index (χ4v) is 2.36. The lowest BCUT2D eigenvalue weighted by Gasteiger charge is -2.16. The highest BCUT2D eigenvalue weighted by Crippen LogP contribution is 2.47. The van der Waals surface area contributed by atoms with Crippen molar-refractivity contribution in [2.45, 2.75) is 33.1 Å². The van der Waals surface area contributed by atoms with E-state index in [-0.39, 0.29) is 5.91 Å². The zero-order valence-corrected chi connectivity index (χ0v) is 11.3. The third-order valence-corrected chi connectivity index (χ3v) is 4.10. The zero-order valence-electron chi connectivity index (χ0n) is 11.3. The van der Waals surface area contributed by atoms with E-state index in [1.54, 1.807) is 0 Å². The number of rotatable bonds is 5. The van der Waals surface area contributed by atoms with Crippen molar-refractivity contribution in [3.8, 4) is 0 Å². The van der Waals surface area contributed by atoms with E-state index in [2.05, 4.69) is 5.32 Å². The quantitative estimate of drug-likeness (QED) is 0.836. The largest absolute Gasteiger partial charge is 0.351 e. The Morgan fingerprint density at radius 2 is 2.11 bits per heavy atom. The maximum absolute atomic E-state index is 12.2. The molecule has 3 nitrogen and oxygen atoms in total. The van der Waals surface area contributed by atoms with Crippen LogP contribution in [0.2, 0.25) is 0 Å². The van der Waals surface area contributed by atoms with Crippen LogP contribution in [0.1, 0.15) is 40.7 Å². The first kappa shape index (κ1) is 13.1. The van der Waals surface area contributed by atoms with Crippen LogP contribution in [0.25, 0.3) is 0 Å². The number of carbonyl (C=O) groups is 1. The smallest absolute Gasteiger partial charge is 0.251 e. The van der Waals surface area contributed by atoms with Gasteiger partial charge in [0.2, 0.25) is 0 Å². The summed E-state index contributed by atoms with van der Waals surface area (Å²) in [6.07, 6.45) is 3.40. The van der Waals surface area contributed by atoms with Crippen LogP contribution in [0.15, 0.2) is 18.2 Å². The predicted molar refractivity (Wildman–Crippen MR) is 73.6 cm³/mol. The van der Waals surface area contributed by atoms with Gasteiger partial charge in [0.1, 0.15) is 0 Å². The maximum atomic E-state index is 12.2. The Bertz CT molecular complexity index is 450. The summed E-state index contributed by atoms with van der Waals surface area (Å²) in [6.45, 7) is 5.50. The summed E-state index contributed by atoms with van der Waals surface area (Å²) in [5.74, 6) is 0.0412. The van der Waals surface area contributed by atoms with E-state index in [1.807, 2.05) is 32.0 Å². The van der Waals surface area contributed by atoms with Crippen molar-refractivity contribution in [1.29, 1.82) is 0 Å². The lowest BCUT2D eigenvalue weighted by Crippen LogP contribution is -2.31. The highest BCUT2D eigenvalue weighted by atomic mass is 16.1. The average Bonchev–Trinajstić information content (AvgIpc) is 3.11. The Kier molecular flexibility index (Phi) is 3.71. The summed E-state index contributed by atoms with van der Waals surface area (Å²) in [4.78, 5) is 12.2. The van der Waals surface area contributed by atoms with Gasteiger partial charge in [0.05, 0.1) is 0 Å². The summed E-state index contributed by atoms with van der Waals surface area (Å²) < 4.78 is 0. The van der Waals surface area contributed by atoms with Gasteiger partial charge in [-0.2, -0.15) is 0 Å². The molecule has 3 heteroatoms. The first-order chi connectivity index (χ1) is 8.58. The van der Waals surface area contributed by atoms with Crippen LogP contribution in [0.5, 0.6) is 0 Å². The molecule has 1 saturated carbocycles. The second kappa shape index (κ2) is 5.11. The Balaban J connectivity index is 1.98.